The van der Waals surface area contributed by atoms with Crippen LogP contribution >= 0.6 is 0 Å². The summed E-state index contributed by atoms with van der Waals surface area (Å²) in [4.78, 5) is 0. The Morgan fingerprint density at radius 2 is 0.423 bits per heavy atom. The number of nitriles is 2. The highest BCUT2D eigenvalue weighted by molar-refractivity contribution is 4.68. The Bertz CT molecular complexity index is 303. The van der Waals surface area contributed by atoms with Crippen LogP contribution in [0.1, 0.15) is 141 Å². The van der Waals surface area contributed by atoms with Crippen LogP contribution in [-0.2, 0) is 0 Å². The van der Waals surface area contributed by atoms with Crippen molar-refractivity contribution in [1.82, 2.24) is 0 Å². The normalized spacial score (nSPS) is 10.5. The molecule has 0 aliphatic carbocycles. The van der Waals surface area contributed by atoms with Gasteiger partial charge in [0.25, 0.3) is 0 Å². The Morgan fingerprint density at radius 1 is 0.269 bits per heavy atom. The summed E-state index contributed by atoms with van der Waals surface area (Å²) in [5.74, 6) is 0. The summed E-state index contributed by atoms with van der Waals surface area (Å²) in [5, 5.41) is 16.9. The van der Waals surface area contributed by atoms with Crippen LogP contribution in [0.5, 0.6) is 0 Å². The molecule has 0 amide bonds. The van der Waals surface area contributed by atoms with Gasteiger partial charge in [0.2, 0.25) is 0 Å². The molecule has 0 unspecified atom stereocenters. The van der Waals surface area contributed by atoms with E-state index in [2.05, 4.69) is 12.1 Å². The third-order valence-electron chi connectivity index (χ3n) is 5.33. The number of hydrogen-bond acceptors (Lipinski definition) is 2. The number of hydrogen-bond donors (Lipinski definition) is 0. The molecule has 0 aliphatic heterocycles. The lowest BCUT2D eigenvalue weighted by Crippen LogP contribution is -1.84. The highest BCUT2D eigenvalue weighted by Gasteiger charge is 1.95. The molecule has 0 saturated heterocycles. The molecule has 2 heteroatoms. The molecular weight excluding hydrogens is 316 g/mol. The molecule has 0 fully saturated rings. The first kappa shape index (κ1) is 25.0. The molecule has 26 heavy (non-hydrogen) atoms. The third kappa shape index (κ3) is 23.0. The molecule has 0 spiro atoms. The largest absolute Gasteiger partial charge is 0.198 e. The molecule has 0 rings (SSSR count). The lowest BCUT2D eigenvalue weighted by Gasteiger charge is -2.04. The van der Waals surface area contributed by atoms with E-state index >= 15 is 0 Å². The summed E-state index contributed by atoms with van der Waals surface area (Å²) in [7, 11) is 0. The van der Waals surface area contributed by atoms with E-state index in [0.29, 0.717) is 0 Å². The predicted molar refractivity (Wildman–Crippen MR) is 113 cm³/mol. The summed E-state index contributed by atoms with van der Waals surface area (Å²) >= 11 is 0. The third-order valence-corrected chi connectivity index (χ3v) is 5.33. The van der Waals surface area contributed by atoms with Crippen molar-refractivity contribution in [2.75, 3.05) is 0 Å². The van der Waals surface area contributed by atoms with E-state index in [1.54, 1.807) is 0 Å². The van der Waals surface area contributed by atoms with Crippen molar-refractivity contribution in [3.63, 3.8) is 0 Å². The minimum Gasteiger partial charge on any atom is -0.198 e. The zero-order chi connectivity index (χ0) is 19.0. The summed E-state index contributed by atoms with van der Waals surface area (Å²) in [6, 6.07) is 4.44. The van der Waals surface area contributed by atoms with E-state index in [9.17, 15) is 0 Å². The van der Waals surface area contributed by atoms with Crippen LogP contribution in [0.2, 0.25) is 0 Å². The number of rotatable bonds is 21. The summed E-state index contributed by atoms with van der Waals surface area (Å²) in [5.41, 5.74) is 0. The van der Waals surface area contributed by atoms with E-state index in [1.807, 2.05) is 0 Å². The second-order valence-electron chi connectivity index (χ2n) is 7.89. The maximum Gasteiger partial charge on any atom is 0.0621 e. The van der Waals surface area contributed by atoms with Crippen molar-refractivity contribution in [3.8, 4) is 12.1 Å². The van der Waals surface area contributed by atoms with Gasteiger partial charge in [0.1, 0.15) is 0 Å². The van der Waals surface area contributed by atoms with E-state index in [1.165, 1.54) is 116 Å². The first-order valence-corrected chi connectivity index (χ1v) is 11.7. The molecule has 0 aromatic rings. The van der Waals surface area contributed by atoms with Gasteiger partial charge >= 0.3 is 0 Å². The van der Waals surface area contributed by atoms with Crippen LogP contribution in [0, 0.1) is 22.7 Å². The molecular formula is C24H44N2. The molecule has 150 valence electrons. The van der Waals surface area contributed by atoms with Crippen molar-refractivity contribution in [2.45, 2.75) is 141 Å². The molecule has 0 aromatic carbocycles. The zero-order valence-corrected chi connectivity index (χ0v) is 17.5. The number of unbranched alkanes of at least 4 members (excludes halogenated alkanes) is 21. The Labute approximate surface area is 164 Å². The molecule has 0 atom stereocenters. The SMILES string of the molecule is N#CCCCCCCCCCCCCCCCCCCCCCCC#N. The van der Waals surface area contributed by atoms with Crippen LogP contribution < -0.4 is 0 Å². The van der Waals surface area contributed by atoms with Gasteiger partial charge < -0.3 is 0 Å². The summed E-state index contributed by atoms with van der Waals surface area (Å²) in [6.07, 6.45) is 28.6. The molecule has 0 aliphatic rings. The maximum absolute atomic E-state index is 8.47. The molecule has 0 N–H and O–H groups in total. The number of nitrogens with zero attached hydrogens (tertiary/aromatic N) is 2. The quantitative estimate of drug-likeness (QED) is 0.192. The van der Waals surface area contributed by atoms with Gasteiger partial charge in [0.15, 0.2) is 0 Å². The Morgan fingerprint density at radius 3 is 0.577 bits per heavy atom. The van der Waals surface area contributed by atoms with Gasteiger partial charge in [0, 0.05) is 12.8 Å². The minimum absolute atomic E-state index is 0.740. The van der Waals surface area contributed by atoms with Crippen molar-refractivity contribution < 1.29 is 0 Å². The highest BCUT2D eigenvalue weighted by atomic mass is 14.2. The summed E-state index contributed by atoms with van der Waals surface area (Å²) in [6.45, 7) is 0. The molecule has 0 bridgehead atoms. The average Bonchev–Trinajstić information content (AvgIpc) is 2.66. The topological polar surface area (TPSA) is 47.6 Å². The highest BCUT2D eigenvalue weighted by Crippen LogP contribution is 2.15. The predicted octanol–water partition coefficient (Wildman–Crippen LogP) is 8.62. The molecule has 0 saturated carbocycles. The van der Waals surface area contributed by atoms with Gasteiger partial charge in [-0.1, -0.05) is 116 Å². The van der Waals surface area contributed by atoms with Gasteiger partial charge in [-0.05, 0) is 12.8 Å². The smallest absolute Gasteiger partial charge is 0.0621 e. The van der Waals surface area contributed by atoms with Gasteiger partial charge in [0.05, 0.1) is 12.1 Å². The average molecular weight is 361 g/mol. The van der Waals surface area contributed by atoms with Gasteiger partial charge in [-0.2, -0.15) is 10.5 Å². The van der Waals surface area contributed by atoms with Crippen LogP contribution in [0.4, 0.5) is 0 Å². The lowest BCUT2D eigenvalue weighted by atomic mass is 10.0. The minimum atomic E-state index is 0.740. The van der Waals surface area contributed by atoms with Crippen molar-refractivity contribution >= 4 is 0 Å². The fourth-order valence-corrected chi connectivity index (χ4v) is 3.59. The Hall–Kier alpha value is -1.02. The first-order valence-electron chi connectivity index (χ1n) is 11.7. The van der Waals surface area contributed by atoms with Crippen molar-refractivity contribution in [1.29, 1.82) is 10.5 Å². The fraction of sp³-hybridized carbons (Fsp3) is 0.917. The van der Waals surface area contributed by atoms with Crippen LogP contribution in [0.3, 0.4) is 0 Å². The monoisotopic (exact) mass is 360 g/mol. The summed E-state index contributed by atoms with van der Waals surface area (Å²) < 4.78 is 0. The van der Waals surface area contributed by atoms with Crippen LogP contribution in [0.15, 0.2) is 0 Å². The van der Waals surface area contributed by atoms with Crippen molar-refractivity contribution in [2.24, 2.45) is 0 Å². The van der Waals surface area contributed by atoms with Gasteiger partial charge in [-0.3, -0.25) is 0 Å². The maximum atomic E-state index is 8.47. The van der Waals surface area contributed by atoms with Crippen LogP contribution in [0.25, 0.3) is 0 Å². The Kier molecular flexibility index (Phi) is 23.0. The second kappa shape index (κ2) is 24.0. The van der Waals surface area contributed by atoms with E-state index < -0.39 is 0 Å². The standard InChI is InChI=1S/C24H44N2/c25-23-21-19-17-15-13-11-9-7-5-3-1-2-4-6-8-10-12-14-16-18-20-22-24-26/h1-22H2. The molecule has 0 heterocycles. The Balaban J connectivity index is 2.97. The lowest BCUT2D eigenvalue weighted by molar-refractivity contribution is 0.521. The molecule has 2 nitrogen and oxygen atoms in total. The van der Waals surface area contributed by atoms with Gasteiger partial charge in [-0.25, -0.2) is 0 Å². The second-order valence-corrected chi connectivity index (χ2v) is 7.89. The zero-order valence-electron chi connectivity index (χ0n) is 17.5. The van der Waals surface area contributed by atoms with Crippen molar-refractivity contribution in [3.05, 3.63) is 0 Å². The fourth-order valence-electron chi connectivity index (χ4n) is 3.59. The van der Waals surface area contributed by atoms with Crippen LogP contribution in [-0.4, -0.2) is 0 Å². The molecule has 0 radical (unpaired) electrons. The molecule has 0 aromatic heterocycles. The van der Waals surface area contributed by atoms with E-state index in [4.69, 9.17) is 10.5 Å². The van der Waals surface area contributed by atoms with Gasteiger partial charge in [-0.15, -0.1) is 0 Å². The first-order chi connectivity index (χ1) is 12.9. The van der Waals surface area contributed by atoms with E-state index in [-0.39, 0.29) is 0 Å². The van der Waals surface area contributed by atoms with E-state index in [0.717, 1.165) is 25.7 Å².